The quantitative estimate of drug-likeness (QED) is 0.653. The zero-order chi connectivity index (χ0) is 16.5. The number of fused-ring (bicyclic) bond motifs is 1. The molecular formula is C16H9NO2S5. The standard InChI is InChI=1S/C16H9NO2S5/c18-14(19)12-8-21-16(24-12)15-20-7-9(22-15)5-6-13-17-10-3-1-2-4-11(10)23-13/h1-8H,(H,18,19)/b6-5+,16-15-. The van der Waals surface area contributed by atoms with Gasteiger partial charge < -0.3 is 5.11 Å². The molecule has 0 unspecified atom stereocenters. The lowest BCUT2D eigenvalue weighted by atomic mass is 10.3. The molecule has 0 radical (unpaired) electrons. The van der Waals surface area contributed by atoms with Crippen LogP contribution in [0.5, 0.6) is 0 Å². The van der Waals surface area contributed by atoms with Gasteiger partial charge in [0, 0.05) is 4.91 Å². The van der Waals surface area contributed by atoms with Crippen LogP contribution < -0.4 is 0 Å². The molecule has 2 aliphatic heterocycles. The summed E-state index contributed by atoms with van der Waals surface area (Å²) in [6, 6.07) is 8.12. The first kappa shape index (κ1) is 16.4. The normalized spacial score (nSPS) is 20.8. The first-order valence-corrected chi connectivity index (χ1v) is 11.0. The van der Waals surface area contributed by atoms with Gasteiger partial charge in [-0.05, 0) is 35.1 Å². The minimum Gasteiger partial charge on any atom is -0.477 e. The molecule has 24 heavy (non-hydrogen) atoms. The van der Waals surface area contributed by atoms with Gasteiger partial charge in [-0.3, -0.25) is 0 Å². The molecule has 0 spiro atoms. The number of allylic oxidation sites excluding steroid dienone is 1. The zero-order valence-corrected chi connectivity index (χ0v) is 16.0. The Labute approximate surface area is 159 Å². The van der Waals surface area contributed by atoms with Gasteiger partial charge in [0.2, 0.25) is 0 Å². The molecule has 0 aliphatic carbocycles. The van der Waals surface area contributed by atoms with Crippen molar-refractivity contribution in [2.75, 3.05) is 0 Å². The van der Waals surface area contributed by atoms with Gasteiger partial charge in [-0.1, -0.05) is 59.2 Å². The van der Waals surface area contributed by atoms with E-state index in [4.69, 9.17) is 5.11 Å². The molecule has 120 valence electrons. The molecule has 3 heterocycles. The summed E-state index contributed by atoms with van der Waals surface area (Å²) in [5.74, 6) is -0.861. The number of carboxylic acids is 1. The molecule has 1 aromatic heterocycles. The van der Waals surface area contributed by atoms with E-state index < -0.39 is 5.97 Å². The van der Waals surface area contributed by atoms with Crippen molar-refractivity contribution in [2.24, 2.45) is 0 Å². The van der Waals surface area contributed by atoms with Gasteiger partial charge in [0.15, 0.2) is 0 Å². The van der Waals surface area contributed by atoms with Crippen LogP contribution in [0.15, 0.2) is 59.4 Å². The first-order chi connectivity index (χ1) is 11.7. The van der Waals surface area contributed by atoms with E-state index in [0.717, 1.165) is 23.9 Å². The third kappa shape index (κ3) is 3.48. The van der Waals surface area contributed by atoms with Crippen LogP contribution in [0, 0.1) is 0 Å². The van der Waals surface area contributed by atoms with E-state index in [1.807, 2.05) is 24.3 Å². The molecule has 0 bridgehead atoms. The van der Waals surface area contributed by atoms with Crippen LogP contribution in [0.4, 0.5) is 0 Å². The summed E-state index contributed by atoms with van der Waals surface area (Å²) in [5, 5.41) is 13.8. The van der Waals surface area contributed by atoms with Crippen LogP contribution in [0.2, 0.25) is 0 Å². The summed E-state index contributed by atoms with van der Waals surface area (Å²) in [5.41, 5.74) is 1.03. The number of aromatic nitrogens is 1. The first-order valence-electron chi connectivity index (χ1n) is 6.79. The molecule has 8 heteroatoms. The Bertz CT molecular complexity index is 921. The van der Waals surface area contributed by atoms with Crippen LogP contribution in [0.3, 0.4) is 0 Å². The van der Waals surface area contributed by atoms with Crippen LogP contribution in [-0.4, -0.2) is 16.1 Å². The Morgan fingerprint density at radius 1 is 1.04 bits per heavy atom. The molecule has 0 atom stereocenters. The van der Waals surface area contributed by atoms with E-state index in [-0.39, 0.29) is 0 Å². The smallest absolute Gasteiger partial charge is 0.343 e. The summed E-state index contributed by atoms with van der Waals surface area (Å²) < 4.78 is 3.37. The van der Waals surface area contributed by atoms with Crippen molar-refractivity contribution in [3.05, 3.63) is 64.4 Å². The predicted octanol–water partition coefficient (Wildman–Crippen LogP) is 6.16. The van der Waals surface area contributed by atoms with Gasteiger partial charge in [0.05, 0.1) is 18.7 Å². The van der Waals surface area contributed by atoms with Crippen molar-refractivity contribution in [3.8, 4) is 0 Å². The average Bonchev–Trinajstić information content (AvgIpc) is 3.30. The van der Waals surface area contributed by atoms with Crippen molar-refractivity contribution in [1.82, 2.24) is 4.98 Å². The molecule has 0 amide bonds. The highest BCUT2D eigenvalue weighted by atomic mass is 32.2. The van der Waals surface area contributed by atoms with Crippen LogP contribution in [0.1, 0.15) is 5.01 Å². The van der Waals surface area contributed by atoms with Crippen molar-refractivity contribution in [1.29, 1.82) is 0 Å². The number of carbonyl (C=O) groups is 1. The molecule has 2 aromatic rings. The summed E-state index contributed by atoms with van der Waals surface area (Å²) in [4.78, 5) is 17.1. The van der Waals surface area contributed by atoms with Crippen molar-refractivity contribution >= 4 is 80.6 Å². The monoisotopic (exact) mass is 407 g/mol. The molecule has 0 fully saturated rings. The average molecular weight is 408 g/mol. The zero-order valence-electron chi connectivity index (χ0n) is 12.0. The predicted molar refractivity (Wildman–Crippen MR) is 110 cm³/mol. The maximum Gasteiger partial charge on any atom is 0.343 e. The Balaban J connectivity index is 1.45. The second-order valence-electron chi connectivity index (χ2n) is 4.68. The number of aliphatic carboxylic acids is 1. The second kappa shape index (κ2) is 7.05. The topological polar surface area (TPSA) is 50.2 Å². The van der Waals surface area contributed by atoms with Gasteiger partial charge >= 0.3 is 5.97 Å². The van der Waals surface area contributed by atoms with Crippen LogP contribution in [0.25, 0.3) is 16.3 Å². The highest BCUT2D eigenvalue weighted by Crippen LogP contribution is 2.55. The fraction of sp³-hybridized carbons (Fsp3) is 0. The highest BCUT2D eigenvalue weighted by molar-refractivity contribution is 8.34. The second-order valence-corrected chi connectivity index (χ2v) is 10.1. The Hall–Kier alpha value is -1.06. The summed E-state index contributed by atoms with van der Waals surface area (Å²) in [7, 11) is 0. The van der Waals surface area contributed by atoms with Crippen molar-refractivity contribution < 1.29 is 9.90 Å². The van der Waals surface area contributed by atoms with Gasteiger partial charge in [-0.25, -0.2) is 9.78 Å². The molecule has 1 aromatic carbocycles. The van der Waals surface area contributed by atoms with Crippen molar-refractivity contribution in [2.45, 2.75) is 0 Å². The molecule has 0 saturated carbocycles. The lowest BCUT2D eigenvalue weighted by Gasteiger charge is -2.00. The van der Waals surface area contributed by atoms with E-state index in [2.05, 4.69) is 22.5 Å². The lowest BCUT2D eigenvalue weighted by Crippen LogP contribution is -1.92. The molecule has 0 saturated heterocycles. The van der Waals surface area contributed by atoms with Gasteiger partial charge in [-0.2, -0.15) is 0 Å². The summed E-state index contributed by atoms with van der Waals surface area (Å²) >= 11 is 7.81. The number of nitrogens with zero attached hydrogens (tertiary/aromatic N) is 1. The third-order valence-corrected chi connectivity index (χ3v) is 9.28. The molecule has 3 nitrogen and oxygen atoms in total. The highest BCUT2D eigenvalue weighted by Gasteiger charge is 2.24. The molecular weight excluding hydrogens is 399 g/mol. The Morgan fingerprint density at radius 3 is 2.62 bits per heavy atom. The van der Waals surface area contributed by atoms with Gasteiger partial charge in [-0.15, -0.1) is 11.3 Å². The minimum atomic E-state index is -0.861. The number of benzene rings is 1. The Kier molecular flexibility index (Phi) is 4.82. The number of hydrogen-bond donors (Lipinski definition) is 1. The van der Waals surface area contributed by atoms with E-state index in [1.54, 1.807) is 40.3 Å². The fourth-order valence-corrected chi connectivity index (χ4v) is 7.45. The lowest BCUT2D eigenvalue weighted by molar-refractivity contribution is -0.131. The molecule has 1 N–H and O–H groups in total. The summed E-state index contributed by atoms with van der Waals surface area (Å²) in [6.07, 6.45) is 4.10. The van der Waals surface area contributed by atoms with Crippen molar-refractivity contribution in [3.63, 3.8) is 0 Å². The molecule has 2 aliphatic rings. The molecule has 4 rings (SSSR count). The third-order valence-electron chi connectivity index (χ3n) is 3.05. The number of carboxylic acid groups (broad SMARTS) is 1. The van der Waals surface area contributed by atoms with Crippen LogP contribution >= 0.6 is 58.4 Å². The SMILES string of the molecule is O=C(O)C1=CS/C(=C2\SC=C(/C=C/c3nc4ccccc4s3)S2)S1. The largest absolute Gasteiger partial charge is 0.477 e. The van der Waals surface area contributed by atoms with E-state index in [0.29, 0.717) is 4.91 Å². The summed E-state index contributed by atoms with van der Waals surface area (Å²) in [6.45, 7) is 0. The van der Waals surface area contributed by atoms with Gasteiger partial charge in [0.25, 0.3) is 0 Å². The van der Waals surface area contributed by atoms with E-state index in [9.17, 15) is 4.79 Å². The van der Waals surface area contributed by atoms with Gasteiger partial charge in [0.1, 0.15) is 9.91 Å². The van der Waals surface area contributed by atoms with E-state index >= 15 is 0 Å². The number of thioether (sulfide) groups is 4. The number of hydrogen-bond acceptors (Lipinski definition) is 7. The fourth-order valence-electron chi connectivity index (χ4n) is 1.98. The number of thiazole rings is 1. The maximum atomic E-state index is 11.0. The number of para-hydroxylation sites is 1. The number of rotatable bonds is 3. The maximum absolute atomic E-state index is 11.0. The van der Waals surface area contributed by atoms with Crippen LogP contribution in [-0.2, 0) is 4.79 Å². The minimum absolute atomic E-state index is 0.391. The Morgan fingerprint density at radius 2 is 1.83 bits per heavy atom. The van der Waals surface area contributed by atoms with E-state index in [1.165, 1.54) is 28.2 Å².